The molecule has 0 aliphatic heterocycles. The number of nitrogens with zero attached hydrogens (tertiary/aromatic N) is 2. The highest BCUT2D eigenvalue weighted by atomic mass is 32.1. The van der Waals surface area contributed by atoms with Crippen molar-refractivity contribution in [1.82, 2.24) is 9.97 Å². The smallest absolute Gasteiger partial charge is 0.212 e. The number of pyridine rings is 1. The number of halogens is 1. The van der Waals surface area contributed by atoms with Crippen LogP contribution in [0.3, 0.4) is 0 Å². The maximum absolute atomic E-state index is 12.5. The van der Waals surface area contributed by atoms with Gasteiger partial charge >= 0.3 is 0 Å². The summed E-state index contributed by atoms with van der Waals surface area (Å²) in [5.74, 6) is -0.463. The average Bonchev–Trinajstić information content (AvgIpc) is 2.63. The lowest BCUT2D eigenvalue weighted by Gasteiger charge is -2.04. The van der Waals surface area contributed by atoms with E-state index in [1.165, 1.54) is 17.1 Å². The molecule has 0 aliphatic carbocycles. The molecule has 0 amide bonds. The van der Waals surface area contributed by atoms with Crippen molar-refractivity contribution in [2.45, 2.75) is 13.5 Å². The van der Waals surface area contributed by atoms with E-state index in [2.05, 4.69) is 15.3 Å². The van der Waals surface area contributed by atoms with Crippen molar-refractivity contribution in [3.05, 3.63) is 40.4 Å². The van der Waals surface area contributed by atoms with Crippen molar-refractivity contribution in [2.24, 2.45) is 0 Å². The summed E-state index contributed by atoms with van der Waals surface area (Å²) in [6.45, 7) is 2.67. The third kappa shape index (κ3) is 2.50. The first kappa shape index (κ1) is 10.0. The molecule has 0 spiro atoms. The van der Waals surface area contributed by atoms with Gasteiger partial charge in [0.25, 0.3) is 0 Å². The average molecular weight is 223 g/mol. The van der Waals surface area contributed by atoms with Crippen LogP contribution in [0.15, 0.2) is 23.8 Å². The number of aromatic nitrogens is 2. The van der Waals surface area contributed by atoms with E-state index < -0.39 is 5.95 Å². The predicted molar refractivity (Wildman–Crippen MR) is 58.4 cm³/mol. The predicted octanol–water partition coefficient (Wildman–Crippen LogP) is 2.60. The van der Waals surface area contributed by atoms with Gasteiger partial charge in [-0.05, 0) is 19.1 Å². The monoisotopic (exact) mass is 223 g/mol. The second-order valence-corrected chi connectivity index (χ2v) is 4.02. The number of aryl methyl sites for hydroxylation is 1. The van der Waals surface area contributed by atoms with Crippen molar-refractivity contribution >= 4 is 17.0 Å². The molecule has 0 atom stereocenters. The van der Waals surface area contributed by atoms with Crippen LogP contribution >= 0.6 is 11.3 Å². The van der Waals surface area contributed by atoms with E-state index in [1.807, 2.05) is 12.4 Å². The Morgan fingerprint density at radius 2 is 2.27 bits per heavy atom. The van der Waals surface area contributed by atoms with Crippen LogP contribution in [-0.4, -0.2) is 9.97 Å². The van der Waals surface area contributed by atoms with Gasteiger partial charge in [0.05, 0.1) is 29.6 Å². The third-order valence-corrected chi connectivity index (χ3v) is 2.96. The number of hydrogen-bond donors (Lipinski definition) is 1. The molecule has 0 aliphatic rings. The van der Waals surface area contributed by atoms with Gasteiger partial charge in [-0.25, -0.2) is 9.97 Å². The minimum atomic E-state index is -0.463. The first-order chi connectivity index (χ1) is 7.25. The molecule has 1 N–H and O–H groups in total. The summed E-state index contributed by atoms with van der Waals surface area (Å²) in [6, 6.07) is 3.00. The molecule has 5 heteroatoms. The van der Waals surface area contributed by atoms with E-state index in [9.17, 15) is 4.39 Å². The van der Waals surface area contributed by atoms with Crippen LogP contribution in [-0.2, 0) is 6.54 Å². The molecule has 2 aromatic rings. The van der Waals surface area contributed by atoms with Gasteiger partial charge < -0.3 is 5.32 Å². The fourth-order valence-electron chi connectivity index (χ4n) is 1.16. The molecule has 2 rings (SSSR count). The number of nitrogens with one attached hydrogen (secondary N) is 1. The molecule has 0 unspecified atom stereocenters. The van der Waals surface area contributed by atoms with Gasteiger partial charge in [-0.1, -0.05) is 0 Å². The summed E-state index contributed by atoms with van der Waals surface area (Å²) in [5.41, 5.74) is 3.65. The van der Waals surface area contributed by atoms with Crippen molar-refractivity contribution in [3.63, 3.8) is 0 Å². The summed E-state index contributed by atoms with van der Waals surface area (Å²) in [7, 11) is 0. The summed E-state index contributed by atoms with van der Waals surface area (Å²) in [5, 5.41) is 3.16. The molecule has 2 heterocycles. The molecule has 78 valence electrons. The Hall–Kier alpha value is -1.49. The molecule has 0 radical (unpaired) electrons. The first-order valence-electron chi connectivity index (χ1n) is 4.50. The minimum Gasteiger partial charge on any atom is -0.379 e. The lowest BCUT2D eigenvalue weighted by Crippen LogP contribution is -1.99. The largest absolute Gasteiger partial charge is 0.379 e. The molecule has 0 saturated carbocycles. The fraction of sp³-hybridized carbons (Fsp3) is 0.200. The Labute approximate surface area is 91.0 Å². The van der Waals surface area contributed by atoms with Gasteiger partial charge in [0, 0.05) is 4.88 Å². The molecule has 0 aromatic carbocycles. The zero-order chi connectivity index (χ0) is 10.7. The van der Waals surface area contributed by atoms with Crippen molar-refractivity contribution in [1.29, 1.82) is 0 Å². The van der Waals surface area contributed by atoms with Gasteiger partial charge in [-0.15, -0.1) is 11.3 Å². The molecule has 0 saturated heterocycles. The maximum Gasteiger partial charge on any atom is 0.212 e. The van der Waals surface area contributed by atoms with Gasteiger partial charge in [-0.2, -0.15) is 4.39 Å². The standard InChI is InChI=1S/C10H10FN3S/c1-7-9(15-6-14-7)5-12-8-2-3-10(11)13-4-8/h2-4,6,12H,5H2,1H3. The molecule has 2 aromatic heterocycles. The van der Waals surface area contributed by atoms with Crippen molar-refractivity contribution in [2.75, 3.05) is 5.32 Å². The Morgan fingerprint density at radius 3 is 2.87 bits per heavy atom. The van der Waals surface area contributed by atoms with Gasteiger partial charge in [-0.3, -0.25) is 0 Å². The third-order valence-electron chi connectivity index (χ3n) is 2.03. The number of thiazole rings is 1. The van der Waals surface area contributed by atoms with Crippen LogP contribution in [0.2, 0.25) is 0 Å². The van der Waals surface area contributed by atoms with Crippen molar-refractivity contribution in [3.8, 4) is 0 Å². The Morgan fingerprint density at radius 1 is 1.40 bits per heavy atom. The molecule has 15 heavy (non-hydrogen) atoms. The summed E-state index contributed by atoms with van der Waals surface area (Å²) in [4.78, 5) is 8.89. The number of anilines is 1. The van der Waals surface area contributed by atoms with Crippen LogP contribution in [0, 0.1) is 12.9 Å². The highest BCUT2D eigenvalue weighted by Gasteiger charge is 2.01. The molecular formula is C10H10FN3S. The highest BCUT2D eigenvalue weighted by molar-refractivity contribution is 7.09. The van der Waals surface area contributed by atoms with E-state index in [4.69, 9.17) is 0 Å². The SMILES string of the molecule is Cc1ncsc1CNc1ccc(F)nc1. The van der Waals surface area contributed by atoms with E-state index in [0.717, 1.165) is 11.4 Å². The number of rotatable bonds is 3. The van der Waals surface area contributed by atoms with Crippen LogP contribution in [0.5, 0.6) is 0 Å². The zero-order valence-electron chi connectivity index (χ0n) is 8.20. The Kier molecular flexibility index (Phi) is 2.91. The van der Waals surface area contributed by atoms with Crippen LogP contribution < -0.4 is 5.32 Å². The van der Waals surface area contributed by atoms with Crippen LogP contribution in [0.25, 0.3) is 0 Å². The van der Waals surface area contributed by atoms with E-state index in [-0.39, 0.29) is 0 Å². The van der Waals surface area contributed by atoms with Gasteiger partial charge in [0.15, 0.2) is 0 Å². The molecule has 0 bridgehead atoms. The van der Waals surface area contributed by atoms with E-state index in [0.29, 0.717) is 6.54 Å². The number of hydrogen-bond acceptors (Lipinski definition) is 4. The summed E-state index contributed by atoms with van der Waals surface area (Å²) >= 11 is 1.60. The van der Waals surface area contributed by atoms with Crippen LogP contribution in [0.1, 0.15) is 10.6 Å². The fourth-order valence-corrected chi connectivity index (χ4v) is 1.88. The van der Waals surface area contributed by atoms with Crippen LogP contribution in [0.4, 0.5) is 10.1 Å². The molecular weight excluding hydrogens is 213 g/mol. The zero-order valence-corrected chi connectivity index (χ0v) is 9.01. The minimum absolute atomic E-state index is 0.463. The first-order valence-corrected chi connectivity index (χ1v) is 5.38. The normalized spacial score (nSPS) is 10.3. The summed E-state index contributed by atoms with van der Waals surface area (Å²) < 4.78 is 12.5. The van der Waals surface area contributed by atoms with Gasteiger partial charge in [0.2, 0.25) is 5.95 Å². The van der Waals surface area contributed by atoms with E-state index >= 15 is 0 Å². The topological polar surface area (TPSA) is 37.8 Å². The quantitative estimate of drug-likeness (QED) is 0.813. The lowest BCUT2D eigenvalue weighted by atomic mass is 10.3. The maximum atomic E-state index is 12.5. The second kappa shape index (κ2) is 4.35. The molecule has 3 nitrogen and oxygen atoms in total. The van der Waals surface area contributed by atoms with E-state index in [1.54, 1.807) is 17.4 Å². The highest BCUT2D eigenvalue weighted by Crippen LogP contribution is 2.14. The molecule has 0 fully saturated rings. The Balaban J connectivity index is 1.99. The Bertz CT molecular complexity index is 438. The van der Waals surface area contributed by atoms with Gasteiger partial charge in [0.1, 0.15) is 0 Å². The van der Waals surface area contributed by atoms with Crippen molar-refractivity contribution < 1.29 is 4.39 Å². The lowest BCUT2D eigenvalue weighted by molar-refractivity contribution is 0.584. The second-order valence-electron chi connectivity index (χ2n) is 3.08. The summed E-state index contributed by atoms with van der Waals surface area (Å²) in [6.07, 6.45) is 1.48.